The van der Waals surface area contributed by atoms with Gasteiger partial charge in [0.25, 0.3) is 0 Å². The van der Waals surface area contributed by atoms with Gasteiger partial charge in [0, 0.05) is 37.6 Å². The first kappa shape index (κ1) is 33.0. The second kappa shape index (κ2) is 14.6. The van der Waals surface area contributed by atoms with Crippen molar-refractivity contribution in [2.24, 2.45) is 0 Å². The first-order valence-corrected chi connectivity index (χ1v) is 13.5. The van der Waals surface area contributed by atoms with E-state index < -0.39 is 23.5 Å². The van der Waals surface area contributed by atoms with E-state index in [0.717, 1.165) is 82.5 Å². The van der Waals surface area contributed by atoms with E-state index in [-0.39, 0.29) is 35.2 Å². The maximum absolute atomic E-state index is 12.6. The molecule has 0 spiro atoms. The summed E-state index contributed by atoms with van der Waals surface area (Å²) in [6.45, 7) is 3.01. The fraction of sp³-hybridized carbons (Fsp3) is 0.407. The van der Waals surface area contributed by atoms with Gasteiger partial charge in [-0.15, -0.1) is 0 Å². The Hall–Kier alpha value is -4.50. The molecule has 0 bridgehead atoms. The van der Waals surface area contributed by atoms with Crippen molar-refractivity contribution in [3.05, 3.63) is 59.7 Å². The van der Waals surface area contributed by atoms with Crippen molar-refractivity contribution in [2.45, 2.75) is 44.5 Å². The van der Waals surface area contributed by atoms with Crippen LogP contribution in [0.15, 0.2) is 48.5 Å². The average Bonchev–Trinajstić information content (AvgIpc) is 3.49. The van der Waals surface area contributed by atoms with Crippen LogP contribution in [0.1, 0.15) is 43.2 Å². The Bertz CT molecular complexity index is 1280. The van der Waals surface area contributed by atoms with Gasteiger partial charge in [0.1, 0.15) is 0 Å². The molecule has 0 aliphatic carbocycles. The van der Waals surface area contributed by atoms with Gasteiger partial charge in [0.05, 0.1) is 11.1 Å². The first-order chi connectivity index (χ1) is 20.2. The molecule has 8 N–H and O–H groups in total. The van der Waals surface area contributed by atoms with E-state index in [1.807, 2.05) is 4.90 Å². The predicted molar refractivity (Wildman–Crippen MR) is 154 cm³/mol. The summed E-state index contributed by atoms with van der Waals surface area (Å²) in [6, 6.07) is 9.21. The Balaban J connectivity index is 0.000000236. The highest BCUT2D eigenvalue weighted by atomic mass is 19.4. The zero-order valence-corrected chi connectivity index (χ0v) is 23.1. The molecule has 10 nitrogen and oxygen atoms in total. The summed E-state index contributed by atoms with van der Waals surface area (Å²) in [6.07, 6.45) is -3.72. The highest BCUT2D eigenvalue weighted by molar-refractivity contribution is 6.03. The lowest BCUT2D eigenvalue weighted by Gasteiger charge is -2.29. The fourth-order valence-corrected chi connectivity index (χ4v) is 4.35. The third-order valence-electron chi connectivity index (χ3n) is 6.50. The van der Waals surface area contributed by atoms with Gasteiger partial charge >= 0.3 is 12.4 Å². The number of piperidine rings is 1. The topological polar surface area (TPSA) is 150 Å². The molecule has 16 heteroatoms. The molecule has 0 aromatic heterocycles. The number of alkyl halides is 6. The third kappa shape index (κ3) is 10.7. The molecule has 234 valence electrons. The van der Waals surface area contributed by atoms with Crippen LogP contribution < -0.4 is 21.3 Å². The minimum Gasteiger partial charge on any atom is -0.343 e. The van der Waals surface area contributed by atoms with Crippen molar-refractivity contribution in [1.29, 1.82) is 21.6 Å². The van der Waals surface area contributed by atoms with Gasteiger partial charge < -0.3 is 20.4 Å². The molecule has 43 heavy (non-hydrogen) atoms. The van der Waals surface area contributed by atoms with Crippen molar-refractivity contribution in [3.63, 3.8) is 0 Å². The molecule has 4 rings (SSSR count). The third-order valence-corrected chi connectivity index (χ3v) is 6.50. The summed E-state index contributed by atoms with van der Waals surface area (Å²) in [5.74, 6) is -0.290. The number of halogens is 6. The van der Waals surface area contributed by atoms with E-state index in [9.17, 15) is 26.3 Å². The standard InChI is InChI=1S/C14H18F3N5.C13H16F3N5/c15-14(16,17)10-5-4-6-11(9-10)20-12(18)21-13(19)22-7-2-1-3-8-22;14-13(15,16)9-4-3-5-10(8-9)19-11(17)20-12(18)21-6-1-2-7-21/h4-6,9H,1-3,7-8H2,(H4,18,19,20,21);3-5,8H,1-2,6-7H2,(H4,17,18,19,20). The van der Waals surface area contributed by atoms with Crippen molar-refractivity contribution < 1.29 is 26.3 Å². The summed E-state index contributed by atoms with van der Waals surface area (Å²) in [5.41, 5.74) is -1.26. The van der Waals surface area contributed by atoms with Gasteiger partial charge in [-0.3, -0.25) is 32.3 Å². The number of hydrogen-bond donors (Lipinski definition) is 8. The Kier molecular flexibility index (Phi) is 11.2. The molecule has 2 saturated heterocycles. The van der Waals surface area contributed by atoms with E-state index in [1.54, 1.807) is 4.90 Å². The second-order valence-electron chi connectivity index (χ2n) is 9.85. The quantitative estimate of drug-likeness (QED) is 0.123. The van der Waals surface area contributed by atoms with Crippen molar-refractivity contribution in [3.8, 4) is 0 Å². The number of rotatable bonds is 2. The highest BCUT2D eigenvalue weighted by Crippen LogP contribution is 2.31. The van der Waals surface area contributed by atoms with Crippen LogP contribution in [0.25, 0.3) is 0 Å². The average molecular weight is 613 g/mol. The normalized spacial score (nSPS) is 15.1. The summed E-state index contributed by atoms with van der Waals surface area (Å²) in [7, 11) is 0. The lowest BCUT2D eigenvalue weighted by molar-refractivity contribution is -0.138. The molecular weight excluding hydrogens is 578 g/mol. The number of benzene rings is 2. The zero-order chi connectivity index (χ0) is 31.6. The largest absolute Gasteiger partial charge is 0.416 e. The fourth-order valence-electron chi connectivity index (χ4n) is 4.35. The van der Waals surface area contributed by atoms with E-state index in [1.165, 1.54) is 24.3 Å². The first-order valence-electron chi connectivity index (χ1n) is 13.5. The molecule has 2 aliphatic rings. The van der Waals surface area contributed by atoms with Gasteiger partial charge in [-0.05, 0) is 68.5 Å². The van der Waals surface area contributed by atoms with Crippen molar-refractivity contribution in [1.82, 2.24) is 20.4 Å². The van der Waals surface area contributed by atoms with Gasteiger partial charge in [0.2, 0.25) is 0 Å². The van der Waals surface area contributed by atoms with E-state index in [0.29, 0.717) is 0 Å². The van der Waals surface area contributed by atoms with E-state index in [2.05, 4.69) is 21.3 Å². The van der Waals surface area contributed by atoms with Crippen LogP contribution in [0, 0.1) is 21.6 Å². The van der Waals surface area contributed by atoms with Crippen LogP contribution in [0.5, 0.6) is 0 Å². The van der Waals surface area contributed by atoms with Crippen molar-refractivity contribution >= 4 is 35.2 Å². The maximum atomic E-state index is 12.6. The van der Waals surface area contributed by atoms with Gasteiger partial charge in [-0.25, -0.2) is 0 Å². The molecule has 2 aliphatic heterocycles. The minimum atomic E-state index is -4.42. The van der Waals surface area contributed by atoms with Gasteiger partial charge in [0.15, 0.2) is 23.8 Å². The molecule has 0 atom stereocenters. The Labute approximate surface area is 244 Å². The molecule has 0 unspecified atom stereocenters. The Morgan fingerprint density at radius 1 is 0.558 bits per heavy atom. The Morgan fingerprint density at radius 2 is 0.907 bits per heavy atom. The second-order valence-corrected chi connectivity index (χ2v) is 9.85. The smallest absolute Gasteiger partial charge is 0.343 e. The number of guanidine groups is 4. The number of nitrogens with one attached hydrogen (secondary N) is 8. The summed E-state index contributed by atoms with van der Waals surface area (Å²) >= 11 is 0. The van der Waals surface area contributed by atoms with Crippen molar-refractivity contribution in [2.75, 3.05) is 36.8 Å². The number of anilines is 2. The van der Waals surface area contributed by atoms with Gasteiger partial charge in [-0.1, -0.05) is 12.1 Å². The number of likely N-dealkylation sites (tertiary alicyclic amines) is 2. The van der Waals surface area contributed by atoms with Crippen LogP contribution in [0.2, 0.25) is 0 Å². The summed E-state index contributed by atoms with van der Waals surface area (Å²) in [4.78, 5) is 3.59. The lowest BCUT2D eigenvalue weighted by atomic mass is 10.1. The molecule has 2 fully saturated rings. The molecule has 0 amide bonds. The maximum Gasteiger partial charge on any atom is 0.416 e. The summed E-state index contributed by atoms with van der Waals surface area (Å²) < 4.78 is 75.6. The molecule has 2 aromatic carbocycles. The molecule has 0 radical (unpaired) electrons. The SMILES string of the molecule is N=C(NC(=N)N1CCCC1)Nc1cccc(C(F)(F)F)c1.N=C(NC(=N)N1CCCCC1)Nc1cccc(C(F)(F)F)c1. The summed E-state index contributed by atoms with van der Waals surface area (Å²) in [5, 5.41) is 41.2. The van der Waals surface area contributed by atoms with E-state index in [4.69, 9.17) is 21.6 Å². The van der Waals surface area contributed by atoms with Crippen LogP contribution >= 0.6 is 0 Å². The number of hydrogen-bond acceptors (Lipinski definition) is 4. The van der Waals surface area contributed by atoms with Crippen LogP contribution in [0.3, 0.4) is 0 Å². The van der Waals surface area contributed by atoms with Crippen LogP contribution in [-0.2, 0) is 12.4 Å². The number of nitrogens with zero attached hydrogens (tertiary/aromatic N) is 2. The molecular formula is C27H34F6N10. The van der Waals surface area contributed by atoms with Crippen LogP contribution in [-0.4, -0.2) is 59.8 Å². The monoisotopic (exact) mass is 612 g/mol. The molecule has 0 saturated carbocycles. The molecule has 2 aromatic rings. The lowest BCUT2D eigenvalue weighted by Crippen LogP contribution is -2.47. The van der Waals surface area contributed by atoms with Gasteiger partial charge in [-0.2, -0.15) is 26.3 Å². The highest BCUT2D eigenvalue weighted by Gasteiger charge is 2.31. The molecule has 2 heterocycles. The Morgan fingerprint density at radius 3 is 1.26 bits per heavy atom. The minimum absolute atomic E-state index is 0.0805. The zero-order valence-electron chi connectivity index (χ0n) is 23.1. The van der Waals surface area contributed by atoms with Crippen LogP contribution in [0.4, 0.5) is 37.7 Å². The van der Waals surface area contributed by atoms with E-state index >= 15 is 0 Å². The predicted octanol–water partition coefficient (Wildman–Crippen LogP) is 5.73.